The zero-order chi connectivity index (χ0) is 21.7. The second kappa shape index (κ2) is 9.86. The highest BCUT2D eigenvalue weighted by Crippen LogP contribution is 2.32. The van der Waals surface area contributed by atoms with Crippen LogP contribution < -0.4 is 10.1 Å². The molecular formula is C23H31F3N2O2. The molecule has 1 aromatic rings. The molecule has 0 saturated carbocycles. The van der Waals surface area contributed by atoms with Gasteiger partial charge in [-0.2, -0.15) is 13.2 Å². The molecule has 0 bridgehead atoms. The maximum Gasteiger partial charge on any atom is 0.389 e. The van der Waals surface area contributed by atoms with Crippen molar-refractivity contribution in [3.05, 3.63) is 34.9 Å². The molecule has 1 aromatic carbocycles. The van der Waals surface area contributed by atoms with Gasteiger partial charge in [0.1, 0.15) is 5.75 Å². The van der Waals surface area contributed by atoms with Gasteiger partial charge in [-0.3, -0.25) is 9.69 Å². The Bertz CT molecular complexity index is 770. The normalized spacial score (nSPS) is 19.6. The minimum absolute atomic E-state index is 0.0334. The van der Waals surface area contributed by atoms with Crippen molar-refractivity contribution in [3.8, 4) is 5.75 Å². The Balaban J connectivity index is 1.51. The summed E-state index contributed by atoms with van der Waals surface area (Å²) in [6.45, 7) is 7.52. The van der Waals surface area contributed by atoms with Gasteiger partial charge in [0.05, 0.1) is 12.5 Å². The first-order chi connectivity index (χ1) is 14.2. The fraction of sp³-hybridized carbons (Fsp3) is 0.609. The maximum atomic E-state index is 12.2. The molecule has 0 aromatic heterocycles. The Labute approximate surface area is 176 Å². The zero-order valence-electron chi connectivity index (χ0n) is 17.7. The highest BCUT2D eigenvalue weighted by Gasteiger charge is 2.33. The van der Waals surface area contributed by atoms with E-state index in [1.54, 1.807) is 0 Å². The Morgan fingerprint density at radius 2 is 2.07 bits per heavy atom. The lowest BCUT2D eigenvalue weighted by Crippen LogP contribution is -2.54. The second-order valence-corrected chi connectivity index (χ2v) is 8.43. The smallest absolute Gasteiger partial charge is 0.389 e. The monoisotopic (exact) mass is 424 g/mol. The molecule has 1 aliphatic heterocycles. The number of nitrogens with one attached hydrogen (secondary N) is 1. The molecule has 1 saturated heterocycles. The third-order valence-electron chi connectivity index (χ3n) is 5.77. The fourth-order valence-corrected chi connectivity index (χ4v) is 3.97. The van der Waals surface area contributed by atoms with E-state index in [4.69, 9.17) is 4.74 Å². The lowest BCUT2D eigenvalue weighted by molar-refractivity contribution is -0.136. The molecule has 1 N–H and O–H groups in total. The number of carbonyl (C=O) groups is 1. The van der Waals surface area contributed by atoms with E-state index in [0.29, 0.717) is 11.7 Å². The van der Waals surface area contributed by atoms with E-state index < -0.39 is 12.6 Å². The summed E-state index contributed by atoms with van der Waals surface area (Å²) < 4.78 is 42.2. The number of halogens is 3. The van der Waals surface area contributed by atoms with Gasteiger partial charge in [0, 0.05) is 32.6 Å². The van der Waals surface area contributed by atoms with E-state index >= 15 is 0 Å². The van der Waals surface area contributed by atoms with Gasteiger partial charge in [0.15, 0.2) is 0 Å². The lowest BCUT2D eigenvalue weighted by Gasteiger charge is -2.40. The molecular weight excluding hydrogens is 393 g/mol. The number of ether oxygens (including phenoxy) is 1. The number of nitrogens with zero attached hydrogens (tertiary/aromatic N) is 1. The number of benzene rings is 1. The summed E-state index contributed by atoms with van der Waals surface area (Å²) in [6.07, 6.45) is -0.943. The summed E-state index contributed by atoms with van der Waals surface area (Å²) in [7, 11) is 0. The van der Waals surface area contributed by atoms with Crippen molar-refractivity contribution in [2.45, 2.75) is 45.7 Å². The van der Waals surface area contributed by atoms with Crippen molar-refractivity contribution in [1.82, 2.24) is 10.2 Å². The average Bonchev–Trinajstić information content (AvgIpc) is 2.65. The van der Waals surface area contributed by atoms with Gasteiger partial charge in [-0.15, -0.1) is 0 Å². The number of carbonyl (C=O) groups excluding carboxylic acids is 1. The molecule has 7 heteroatoms. The van der Waals surface area contributed by atoms with Crippen LogP contribution in [0.4, 0.5) is 13.2 Å². The van der Waals surface area contributed by atoms with Gasteiger partial charge in [0.2, 0.25) is 5.91 Å². The molecule has 1 atom stereocenters. The summed E-state index contributed by atoms with van der Waals surface area (Å²) in [5.74, 6) is 1.27. The van der Waals surface area contributed by atoms with Crippen molar-refractivity contribution >= 4 is 12.0 Å². The maximum absolute atomic E-state index is 12.2. The van der Waals surface area contributed by atoms with E-state index in [2.05, 4.69) is 23.2 Å². The van der Waals surface area contributed by atoms with Gasteiger partial charge < -0.3 is 10.1 Å². The van der Waals surface area contributed by atoms with Crippen molar-refractivity contribution in [2.75, 3.05) is 32.8 Å². The molecule has 0 spiro atoms. The molecule has 1 heterocycles. The van der Waals surface area contributed by atoms with Crippen LogP contribution in [0.15, 0.2) is 23.8 Å². The standard InChI is InChI=1S/C23H31F3N2O2/c1-3-8-27-22(29)20-14-28(15-20)13-19-11-17-5-6-21(12-18(17)10-16(19)2)30-9-4-7-23(24,25)26/h5-6,11-12,16,20H,3-4,7-10,13-15H2,1-2H3,(H,27,29)/t16-/m0/s1. The van der Waals surface area contributed by atoms with Crippen molar-refractivity contribution in [2.24, 2.45) is 11.8 Å². The largest absolute Gasteiger partial charge is 0.494 e. The van der Waals surface area contributed by atoms with Crippen LogP contribution in [0.1, 0.15) is 44.2 Å². The van der Waals surface area contributed by atoms with E-state index in [0.717, 1.165) is 44.6 Å². The zero-order valence-corrected chi connectivity index (χ0v) is 17.7. The number of amides is 1. The number of rotatable bonds is 9. The molecule has 4 nitrogen and oxygen atoms in total. The average molecular weight is 425 g/mol. The van der Waals surface area contributed by atoms with Crippen LogP contribution in [0.3, 0.4) is 0 Å². The Hall–Kier alpha value is -2.02. The van der Waals surface area contributed by atoms with Crippen LogP contribution in [-0.2, 0) is 11.2 Å². The SMILES string of the molecule is CCCNC(=O)C1CN(CC2=Cc3ccc(OCCCC(F)(F)F)cc3C[C@@H]2C)C1. The summed E-state index contributed by atoms with van der Waals surface area (Å²) >= 11 is 0. The van der Waals surface area contributed by atoms with Gasteiger partial charge in [-0.1, -0.05) is 31.6 Å². The minimum atomic E-state index is -4.13. The Morgan fingerprint density at radius 1 is 1.30 bits per heavy atom. The van der Waals surface area contributed by atoms with Crippen LogP contribution in [0.5, 0.6) is 5.75 Å². The highest BCUT2D eigenvalue weighted by molar-refractivity contribution is 5.80. The number of hydrogen-bond donors (Lipinski definition) is 1. The van der Waals surface area contributed by atoms with Crippen molar-refractivity contribution in [1.29, 1.82) is 0 Å². The van der Waals surface area contributed by atoms with Crippen molar-refractivity contribution < 1.29 is 22.7 Å². The summed E-state index contributed by atoms with van der Waals surface area (Å²) in [4.78, 5) is 14.3. The molecule has 166 valence electrons. The molecule has 1 fully saturated rings. The summed E-state index contributed by atoms with van der Waals surface area (Å²) in [5.41, 5.74) is 3.66. The number of alkyl halides is 3. The summed E-state index contributed by atoms with van der Waals surface area (Å²) in [6, 6.07) is 5.76. The highest BCUT2D eigenvalue weighted by atomic mass is 19.4. The molecule has 0 radical (unpaired) electrons. The fourth-order valence-electron chi connectivity index (χ4n) is 3.97. The first-order valence-corrected chi connectivity index (χ1v) is 10.8. The predicted octanol–water partition coefficient (Wildman–Crippen LogP) is 4.44. The first-order valence-electron chi connectivity index (χ1n) is 10.8. The van der Waals surface area contributed by atoms with E-state index in [9.17, 15) is 18.0 Å². The van der Waals surface area contributed by atoms with E-state index in [1.165, 1.54) is 11.1 Å². The van der Waals surface area contributed by atoms with E-state index in [-0.39, 0.29) is 24.9 Å². The molecule has 0 unspecified atom stereocenters. The van der Waals surface area contributed by atoms with Gasteiger partial charge in [-0.25, -0.2) is 0 Å². The molecule has 30 heavy (non-hydrogen) atoms. The van der Waals surface area contributed by atoms with Crippen LogP contribution in [-0.4, -0.2) is 49.8 Å². The van der Waals surface area contributed by atoms with Gasteiger partial charge in [-0.05, 0) is 48.4 Å². The van der Waals surface area contributed by atoms with Crippen LogP contribution in [0.2, 0.25) is 0 Å². The topological polar surface area (TPSA) is 41.6 Å². The van der Waals surface area contributed by atoms with Gasteiger partial charge >= 0.3 is 6.18 Å². The number of fused-ring (bicyclic) bond motifs is 1. The Kier molecular flexibility index (Phi) is 7.45. The molecule has 3 rings (SSSR count). The first kappa shape index (κ1) is 22.7. The molecule has 1 amide bonds. The number of hydrogen-bond acceptors (Lipinski definition) is 3. The second-order valence-electron chi connectivity index (χ2n) is 8.43. The van der Waals surface area contributed by atoms with Crippen LogP contribution in [0.25, 0.3) is 6.08 Å². The number of likely N-dealkylation sites (tertiary alicyclic amines) is 1. The van der Waals surface area contributed by atoms with E-state index in [1.807, 2.05) is 25.1 Å². The minimum Gasteiger partial charge on any atom is -0.494 e. The third-order valence-corrected chi connectivity index (χ3v) is 5.77. The molecule has 2 aliphatic rings. The predicted molar refractivity (Wildman–Crippen MR) is 111 cm³/mol. The Morgan fingerprint density at radius 3 is 2.77 bits per heavy atom. The summed E-state index contributed by atoms with van der Waals surface area (Å²) in [5, 5.41) is 2.96. The van der Waals surface area contributed by atoms with Crippen LogP contribution in [0, 0.1) is 11.8 Å². The molecule has 1 aliphatic carbocycles. The third kappa shape index (κ3) is 6.24. The van der Waals surface area contributed by atoms with Crippen molar-refractivity contribution in [3.63, 3.8) is 0 Å². The lowest BCUT2D eigenvalue weighted by atomic mass is 9.83. The van der Waals surface area contributed by atoms with Gasteiger partial charge in [0.25, 0.3) is 0 Å². The quantitative estimate of drug-likeness (QED) is 0.596. The van der Waals surface area contributed by atoms with Crippen LogP contribution >= 0.6 is 0 Å².